The lowest BCUT2D eigenvalue weighted by molar-refractivity contribution is -0.140. The van der Waals surface area contributed by atoms with Crippen LogP contribution in [0.1, 0.15) is 24.1 Å². The average Bonchev–Trinajstić information content (AvgIpc) is 3.43. The van der Waals surface area contributed by atoms with Gasteiger partial charge in [-0.3, -0.25) is 4.79 Å². The zero-order valence-corrected chi connectivity index (χ0v) is 24.4. The maximum atomic E-state index is 13.4. The highest BCUT2D eigenvalue weighted by Crippen LogP contribution is 2.35. The molecule has 8 nitrogen and oxygen atoms in total. The van der Waals surface area contributed by atoms with Gasteiger partial charge < -0.3 is 20.3 Å². The zero-order chi connectivity index (χ0) is 29.4. The second-order valence-electron chi connectivity index (χ2n) is 9.42. The average molecular weight is 588 g/mol. The van der Waals surface area contributed by atoms with Crippen LogP contribution in [0.3, 0.4) is 0 Å². The molecule has 0 spiro atoms. The summed E-state index contributed by atoms with van der Waals surface area (Å²) in [4.78, 5) is 24.3. The van der Waals surface area contributed by atoms with Crippen molar-refractivity contribution < 1.29 is 14.3 Å². The molecule has 5 rings (SSSR count). The van der Waals surface area contributed by atoms with E-state index in [-0.39, 0.29) is 6.61 Å². The van der Waals surface area contributed by atoms with Crippen LogP contribution in [0.5, 0.6) is 0 Å². The molecule has 3 aromatic carbocycles. The van der Waals surface area contributed by atoms with Gasteiger partial charge in [0.15, 0.2) is 5.11 Å². The van der Waals surface area contributed by atoms with E-state index >= 15 is 0 Å². The highest BCUT2D eigenvalue weighted by Gasteiger charge is 2.34. The van der Waals surface area contributed by atoms with Crippen molar-refractivity contribution in [1.29, 1.82) is 0 Å². The lowest BCUT2D eigenvalue weighted by Crippen LogP contribution is -2.45. The highest BCUT2D eigenvalue weighted by atomic mass is 35.5. The van der Waals surface area contributed by atoms with Gasteiger partial charge in [-0.05, 0) is 49.0 Å². The standard InChI is InChI=1S/C28H23ClN4O2S.C3H7NO/c1-18-24(27(34)35-17-19-8-4-2-5-9-19)26(31-28(36)30-18)23-16-33(22-10-6-3-7-11-22)32-25(23)20-12-14-21(29)15-13-20;1-4(2)3-5/h2-16,26H,17H2,1H3,(H2,30,31,36);3H,1-2H3. The van der Waals surface area contributed by atoms with Gasteiger partial charge in [0.1, 0.15) is 6.61 Å². The van der Waals surface area contributed by atoms with E-state index in [4.69, 9.17) is 33.7 Å². The number of nitrogens with zero attached hydrogens (tertiary/aromatic N) is 3. The predicted octanol–water partition coefficient (Wildman–Crippen LogP) is 5.43. The van der Waals surface area contributed by atoms with Gasteiger partial charge in [-0.1, -0.05) is 72.3 Å². The van der Waals surface area contributed by atoms with Crippen LogP contribution in [0.4, 0.5) is 0 Å². The number of nitrogens with one attached hydrogen (secondary N) is 2. The molecule has 0 bridgehead atoms. The van der Waals surface area contributed by atoms with E-state index in [0.29, 0.717) is 27.1 Å². The topological polar surface area (TPSA) is 88.5 Å². The number of carbonyl (C=O) groups is 2. The summed E-state index contributed by atoms with van der Waals surface area (Å²) in [6, 6.07) is 26.3. The molecule has 1 aliphatic rings. The molecule has 1 amide bonds. The Morgan fingerprint density at radius 3 is 2.27 bits per heavy atom. The molecular formula is C31H30ClN5O3S. The maximum Gasteiger partial charge on any atom is 0.338 e. The van der Waals surface area contributed by atoms with Gasteiger partial charge in [0, 0.05) is 42.1 Å². The van der Waals surface area contributed by atoms with Crippen LogP contribution in [0.2, 0.25) is 5.02 Å². The number of para-hydroxylation sites is 1. The normalized spacial score (nSPS) is 14.2. The summed E-state index contributed by atoms with van der Waals surface area (Å²) in [5.41, 5.74) is 5.25. The molecule has 4 aromatic rings. The Bertz CT molecular complexity index is 1540. The molecule has 1 aromatic heterocycles. The first kappa shape index (κ1) is 29.5. The zero-order valence-electron chi connectivity index (χ0n) is 22.9. The minimum absolute atomic E-state index is 0.168. The molecule has 0 aliphatic carbocycles. The Labute approximate surface area is 249 Å². The van der Waals surface area contributed by atoms with Gasteiger partial charge in [0.05, 0.1) is 23.0 Å². The molecule has 1 unspecified atom stereocenters. The fourth-order valence-corrected chi connectivity index (χ4v) is 4.54. The summed E-state index contributed by atoms with van der Waals surface area (Å²) in [7, 11) is 3.38. The van der Waals surface area contributed by atoms with Crippen molar-refractivity contribution >= 4 is 41.3 Å². The molecule has 1 aliphatic heterocycles. The smallest absolute Gasteiger partial charge is 0.338 e. The molecule has 0 radical (unpaired) electrons. The molecule has 0 saturated heterocycles. The van der Waals surface area contributed by atoms with Crippen molar-refractivity contribution in [2.45, 2.75) is 19.6 Å². The van der Waals surface area contributed by atoms with Gasteiger partial charge in [0.25, 0.3) is 0 Å². The molecule has 41 heavy (non-hydrogen) atoms. The van der Waals surface area contributed by atoms with E-state index < -0.39 is 12.0 Å². The van der Waals surface area contributed by atoms with E-state index in [2.05, 4.69) is 10.6 Å². The van der Waals surface area contributed by atoms with E-state index in [1.807, 2.05) is 98.0 Å². The molecule has 0 fully saturated rings. The second kappa shape index (κ2) is 13.7. The fraction of sp³-hybridized carbons (Fsp3) is 0.161. The minimum Gasteiger partial charge on any atom is -0.457 e. The summed E-state index contributed by atoms with van der Waals surface area (Å²) < 4.78 is 7.51. The van der Waals surface area contributed by atoms with Crippen LogP contribution in [-0.2, 0) is 20.9 Å². The summed E-state index contributed by atoms with van der Waals surface area (Å²) >= 11 is 11.6. The minimum atomic E-state index is -0.565. The largest absolute Gasteiger partial charge is 0.457 e. The Kier molecular flexibility index (Phi) is 9.89. The lowest BCUT2D eigenvalue weighted by Gasteiger charge is -2.29. The first-order chi connectivity index (χ1) is 19.8. The predicted molar refractivity (Wildman–Crippen MR) is 164 cm³/mol. The Balaban J connectivity index is 0.000000714. The molecule has 210 valence electrons. The van der Waals surface area contributed by atoms with Crippen molar-refractivity contribution in [3.8, 4) is 16.9 Å². The van der Waals surface area contributed by atoms with Gasteiger partial charge in [0.2, 0.25) is 6.41 Å². The molecule has 0 saturated carbocycles. The molecule has 10 heteroatoms. The van der Waals surface area contributed by atoms with Crippen LogP contribution in [0, 0.1) is 0 Å². The van der Waals surface area contributed by atoms with Crippen LogP contribution in [-0.4, -0.2) is 46.3 Å². The number of allylic oxidation sites excluding steroid dienone is 1. The number of esters is 1. The number of benzene rings is 3. The van der Waals surface area contributed by atoms with Crippen LogP contribution < -0.4 is 10.6 Å². The number of thiocarbonyl (C=S) groups is 1. The monoisotopic (exact) mass is 587 g/mol. The fourth-order valence-electron chi connectivity index (χ4n) is 4.14. The van der Waals surface area contributed by atoms with Gasteiger partial charge in [-0.15, -0.1) is 0 Å². The Morgan fingerprint density at radius 1 is 1.05 bits per heavy atom. The van der Waals surface area contributed by atoms with Crippen LogP contribution >= 0.6 is 23.8 Å². The first-order valence-electron chi connectivity index (χ1n) is 12.8. The van der Waals surface area contributed by atoms with Crippen molar-refractivity contribution in [1.82, 2.24) is 25.3 Å². The van der Waals surface area contributed by atoms with Crippen molar-refractivity contribution in [2.75, 3.05) is 14.1 Å². The third kappa shape index (κ3) is 7.59. The maximum absolute atomic E-state index is 13.4. The van der Waals surface area contributed by atoms with Crippen LogP contribution in [0.25, 0.3) is 16.9 Å². The third-order valence-electron chi connectivity index (χ3n) is 6.10. The Morgan fingerprint density at radius 2 is 1.66 bits per heavy atom. The number of hydrogen-bond donors (Lipinski definition) is 2. The highest BCUT2D eigenvalue weighted by molar-refractivity contribution is 7.80. The molecule has 1 atom stereocenters. The van der Waals surface area contributed by atoms with Crippen molar-refractivity contribution in [3.05, 3.63) is 119 Å². The summed E-state index contributed by atoms with van der Waals surface area (Å²) in [6.45, 7) is 1.99. The number of rotatable bonds is 7. The SMILES string of the molecule is CC1=C(C(=O)OCc2ccccc2)C(c2cn(-c3ccccc3)nc2-c2ccc(Cl)cc2)NC(=S)N1.CN(C)C=O. The lowest BCUT2D eigenvalue weighted by atomic mass is 9.94. The summed E-state index contributed by atoms with van der Waals surface area (Å²) in [5, 5.41) is 12.3. The van der Waals surface area contributed by atoms with Crippen molar-refractivity contribution in [2.24, 2.45) is 0 Å². The van der Waals surface area contributed by atoms with E-state index in [1.54, 1.807) is 18.8 Å². The Hall–Kier alpha value is -4.47. The van der Waals surface area contributed by atoms with E-state index in [0.717, 1.165) is 28.8 Å². The van der Waals surface area contributed by atoms with E-state index in [1.165, 1.54) is 4.90 Å². The first-order valence-corrected chi connectivity index (χ1v) is 13.6. The number of carbonyl (C=O) groups excluding carboxylic acids is 2. The number of halogens is 1. The van der Waals surface area contributed by atoms with Crippen LogP contribution in [0.15, 0.2) is 102 Å². The molecule has 2 N–H and O–H groups in total. The van der Waals surface area contributed by atoms with Gasteiger partial charge in [-0.25, -0.2) is 9.48 Å². The molecular weight excluding hydrogens is 558 g/mol. The third-order valence-corrected chi connectivity index (χ3v) is 6.58. The van der Waals surface area contributed by atoms with Gasteiger partial charge in [-0.2, -0.15) is 5.10 Å². The number of ether oxygens (including phenoxy) is 1. The quantitative estimate of drug-likeness (QED) is 0.169. The number of aromatic nitrogens is 2. The summed E-state index contributed by atoms with van der Waals surface area (Å²) in [5.74, 6) is -0.432. The number of amides is 1. The van der Waals surface area contributed by atoms with Gasteiger partial charge >= 0.3 is 5.97 Å². The van der Waals surface area contributed by atoms with E-state index in [9.17, 15) is 9.59 Å². The van der Waals surface area contributed by atoms with Crippen molar-refractivity contribution in [3.63, 3.8) is 0 Å². The number of hydrogen-bond acceptors (Lipinski definition) is 5. The molecule has 2 heterocycles. The second-order valence-corrected chi connectivity index (χ2v) is 10.3. The summed E-state index contributed by atoms with van der Waals surface area (Å²) in [6.07, 6.45) is 2.67.